The molecular formula is C49H56N8O7. The molecule has 3 aliphatic rings. The number of imidazole rings is 2. The Morgan fingerprint density at radius 1 is 0.891 bits per heavy atom. The Kier molecular flexibility index (Phi) is 12.0. The van der Waals surface area contributed by atoms with Gasteiger partial charge < -0.3 is 44.4 Å². The molecule has 6 atom stereocenters. The highest BCUT2D eigenvalue weighted by Crippen LogP contribution is 2.44. The largest absolute Gasteiger partial charge is 0.488 e. The van der Waals surface area contributed by atoms with Gasteiger partial charge in [0, 0.05) is 37.2 Å². The molecule has 9 rings (SSSR count). The van der Waals surface area contributed by atoms with Crippen molar-refractivity contribution in [2.45, 2.75) is 76.8 Å². The average Bonchev–Trinajstić information content (AvgIpc) is 4.13. The zero-order valence-electron chi connectivity index (χ0n) is 37.1. The molecule has 2 fully saturated rings. The molecule has 0 spiro atoms. The molecule has 0 aliphatic carbocycles. The van der Waals surface area contributed by atoms with Crippen LogP contribution >= 0.6 is 0 Å². The second-order valence-corrected chi connectivity index (χ2v) is 17.7. The number of amides is 3. The van der Waals surface area contributed by atoms with E-state index in [0.717, 1.165) is 98.5 Å². The Labute approximate surface area is 372 Å². The van der Waals surface area contributed by atoms with E-state index < -0.39 is 18.2 Å². The Morgan fingerprint density at radius 2 is 1.69 bits per heavy atom. The first-order chi connectivity index (χ1) is 31.0. The molecule has 15 heteroatoms. The fraction of sp³-hybridized carbons (Fsp3) is 0.408. The fourth-order valence-corrected chi connectivity index (χ4v) is 9.97. The average molecular weight is 869 g/mol. The first-order valence-corrected chi connectivity index (χ1v) is 22.1. The third-order valence-electron chi connectivity index (χ3n) is 13.2. The predicted molar refractivity (Wildman–Crippen MR) is 242 cm³/mol. The summed E-state index contributed by atoms with van der Waals surface area (Å²) in [5.41, 5.74) is 7.83. The molecule has 5 heterocycles. The Morgan fingerprint density at radius 3 is 2.45 bits per heavy atom. The maximum Gasteiger partial charge on any atom is 0.407 e. The van der Waals surface area contributed by atoms with Gasteiger partial charge in [-0.1, -0.05) is 62.4 Å². The summed E-state index contributed by atoms with van der Waals surface area (Å²) in [5, 5.41) is 7.81. The van der Waals surface area contributed by atoms with Gasteiger partial charge in [-0.15, -0.1) is 0 Å². The summed E-state index contributed by atoms with van der Waals surface area (Å²) in [4.78, 5) is 60.1. The summed E-state index contributed by atoms with van der Waals surface area (Å²) in [7, 11) is 4.42. The Bertz CT molecular complexity index is 2680. The number of nitrogens with zero attached hydrogens (tertiary/aromatic N) is 4. The third-order valence-corrected chi connectivity index (χ3v) is 13.2. The monoisotopic (exact) mass is 868 g/mol. The van der Waals surface area contributed by atoms with Crippen LogP contribution in [0.4, 0.5) is 9.59 Å². The van der Waals surface area contributed by atoms with Crippen LogP contribution in [0.2, 0.25) is 0 Å². The lowest BCUT2D eigenvalue weighted by atomic mass is 9.92. The lowest BCUT2D eigenvalue weighted by molar-refractivity contribution is -0.137. The van der Waals surface area contributed by atoms with Crippen molar-refractivity contribution in [3.63, 3.8) is 0 Å². The first-order valence-electron chi connectivity index (χ1n) is 22.1. The van der Waals surface area contributed by atoms with E-state index in [2.05, 4.69) is 61.9 Å². The molecule has 15 nitrogen and oxygen atoms in total. The highest BCUT2D eigenvalue weighted by molar-refractivity contribution is 6.07. The van der Waals surface area contributed by atoms with Crippen molar-refractivity contribution in [1.29, 1.82) is 0 Å². The number of hydrogen-bond acceptors (Lipinski definition) is 10. The molecule has 3 amide bonds. The zero-order valence-corrected chi connectivity index (χ0v) is 37.1. The zero-order chi connectivity index (χ0) is 44.6. The number of aromatic nitrogens is 4. The van der Waals surface area contributed by atoms with Crippen LogP contribution in [0.1, 0.15) is 80.9 Å². The van der Waals surface area contributed by atoms with Crippen LogP contribution in [-0.2, 0) is 25.6 Å². The number of hydrogen-bond donors (Lipinski definition) is 4. The van der Waals surface area contributed by atoms with Crippen LogP contribution in [0, 0.1) is 11.8 Å². The van der Waals surface area contributed by atoms with Gasteiger partial charge in [-0.25, -0.2) is 19.6 Å². The van der Waals surface area contributed by atoms with Crippen LogP contribution in [0.15, 0.2) is 79.0 Å². The number of fused-ring (bicyclic) bond motifs is 6. The van der Waals surface area contributed by atoms with Gasteiger partial charge in [-0.3, -0.25) is 9.69 Å². The maximum absolute atomic E-state index is 14.0. The summed E-state index contributed by atoms with van der Waals surface area (Å²) < 4.78 is 21.9. The number of carbonyl (C=O) groups is 3. The van der Waals surface area contributed by atoms with Crippen molar-refractivity contribution in [1.82, 2.24) is 40.4 Å². The topological polar surface area (TPSA) is 176 Å². The normalized spacial score (nSPS) is 20.5. The lowest BCUT2D eigenvalue weighted by Gasteiger charge is -2.32. The van der Waals surface area contributed by atoms with E-state index in [1.807, 2.05) is 68.3 Å². The van der Waals surface area contributed by atoms with Crippen LogP contribution < -0.4 is 15.4 Å². The minimum Gasteiger partial charge on any atom is -0.488 e. The molecule has 334 valence electrons. The number of alkyl carbamates (subject to hydrolysis) is 2. The van der Waals surface area contributed by atoms with Gasteiger partial charge in [0.25, 0.3) is 0 Å². The molecule has 4 aromatic carbocycles. The van der Waals surface area contributed by atoms with E-state index in [-0.39, 0.29) is 36.0 Å². The van der Waals surface area contributed by atoms with Gasteiger partial charge in [0.05, 0.1) is 61.9 Å². The van der Waals surface area contributed by atoms with Crippen molar-refractivity contribution in [2.24, 2.45) is 11.8 Å². The van der Waals surface area contributed by atoms with Gasteiger partial charge in [-0.2, -0.15) is 0 Å². The van der Waals surface area contributed by atoms with Crippen LogP contribution in [0.25, 0.3) is 44.2 Å². The number of benzene rings is 4. The summed E-state index contributed by atoms with van der Waals surface area (Å²) in [6.07, 6.45) is 3.24. The lowest BCUT2D eigenvalue weighted by Crippen LogP contribution is -2.52. The number of likely N-dealkylation sites (tertiary alicyclic amines) is 2. The van der Waals surface area contributed by atoms with E-state index in [1.165, 1.54) is 14.2 Å². The second-order valence-electron chi connectivity index (χ2n) is 17.7. The van der Waals surface area contributed by atoms with E-state index in [9.17, 15) is 14.4 Å². The second kappa shape index (κ2) is 18.0. The van der Waals surface area contributed by atoms with Crippen molar-refractivity contribution < 1.29 is 33.3 Å². The van der Waals surface area contributed by atoms with Crippen molar-refractivity contribution >= 4 is 39.9 Å². The van der Waals surface area contributed by atoms with E-state index in [0.29, 0.717) is 25.7 Å². The molecule has 64 heavy (non-hydrogen) atoms. The smallest absolute Gasteiger partial charge is 0.407 e. The minimum atomic E-state index is -0.722. The summed E-state index contributed by atoms with van der Waals surface area (Å²) in [6, 6.07) is 23.5. The van der Waals surface area contributed by atoms with Gasteiger partial charge >= 0.3 is 12.2 Å². The number of ether oxygens (including phenoxy) is 4. The predicted octanol–water partition coefficient (Wildman–Crippen LogP) is 8.20. The third kappa shape index (κ3) is 8.25. The summed E-state index contributed by atoms with van der Waals surface area (Å²) in [5.74, 6) is 2.42. The highest BCUT2D eigenvalue weighted by Gasteiger charge is 2.42. The van der Waals surface area contributed by atoms with E-state index in [4.69, 9.17) is 28.9 Å². The standard InChI is InChI=1S/C49H56N8O7/c1-27(2)43(55-49(60)63-6)47(58)57-28(3)12-17-40(57)46-51-37-16-14-31-20-36-34-15-13-32(19-33(34)26-64-42(36)21-35(31)44(37)54-46)38-22-50-45(52-38)41-18-29(25-61-4)23-56(41)24-39(53-48(59)62-5)30-10-8-7-9-11-30/h7-11,13-16,19-22,27-29,39-41,43H,12,17-18,23-26H2,1-6H3,(H,50,52)(H,51,54)(H,53,59)(H,55,60)/t28-,29-,39-,40-,41-,43-/m0/s1. The summed E-state index contributed by atoms with van der Waals surface area (Å²) >= 11 is 0. The SMILES string of the molecule is COC[C@H]1C[C@@H](c2ncc(-c3ccc4c(c3)COc3cc5c(ccc6nc([C@@H]7CC[C@H](C)N7C(=O)[C@@H](NC(=O)OC)C(C)C)[nH]c65)cc3-4)[nH]2)N(C[C@H](NC(=O)OC)c2ccccc2)C1. The number of rotatable bonds is 12. The minimum absolute atomic E-state index is 0.00573. The first kappa shape index (κ1) is 42.8. The van der Waals surface area contributed by atoms with Crippen LogP contribution in [0.3, 0.4) is 0 Å². The van der Waals surface area contributed by atoms with Crippen LogP contribution in [0.5, 0.6) is 5.75 Å². The van der Waals surface area contributed by atoms with Crippen LogP contribution in [-0.4, -0.2) is 101 Å². The maximum atomic E-state index is 14.0. The molecule has 4 N–H and O–H groups in total. The molecule has 0 radical (unpaired) electrons. The molecule has 2 saturated heterocycles. The molecule has 0 bridgehead atoms. The number of aromatic amines is 2. The highest BCUT2D eigenvalue weighted by atomic mass is 16.5. The van der Waals surface area contributed by atoms with Gasteiger partial charge in [0.2, 0.25) is 5.91 Å². The summed E-state index contributed by atoms with van der Waals surface area (Å²) in [6.45, 7) is 8.29. The molecule has 3 aliphatic heterocycles. The van der Waals surface area contributed by atoms with Gasteiger partial charge in [0.15, 0.2) is 0 Å². The van der Waals surface area contributed by atoms with Crippen molar-refractivity contribution in [3.8, 4) is 28.1 Å². The quantitative estimate of drug-likeness (QED) is 0.0938. The Hall–Kier alpha value is -6.45. The molecule has 0 unspecified atom stereocenters. The molecular weight excluding hydrogens is 813 g/mol. The number of methoxy groups -OCH3 is 3. The number of nitrogens with one attached hydrogen (secondary N) is 4. The molecule has 0 saturated carbocycles. The number of H-pyrrole nitrogens is 2. The van der Waals surface area contributed by atoms with Crippen molar-refractivity contribution in [2.75, 3.05) is 41.0 Å². The molecule has 2 aromatic heterocycles. The van der Waals surface area contributed by atoms with Crippen molar-refractivity contribution in [3.05, 3.63) is 102 Å². The fourth-order valence-electron chi connectivity index (χ4n) is 9.97. The van der Waals surface area contributed by atoms with E-state index in [1.54, 1.807) is 7.11 Å². The van der Waals surface area contributed by atoms with Gasteiger partial charge in [-0.05, 0) is 89.9 Å². The Balaban J connectivity index is 0.964. The van der Waals surface area contributed by atoms with Gasteiger partial charge in [0.1, 0.15) is 30.0 Å². The molecule has 6 aromatic rings. The van der Waals surface area contributed by atoms with E-state index >= 15 is 0 Å². The number of carbonyl (C=O) groups excluding carboxylic acids is 3.